The zero-order chi connectivity index (χ0) is 11.4. The third-order valence-corrected chi connectivity index (χ3v) is 2.07. The van der Waals surface area contributed by atoms with E-state index < -0.39 is 0 Å². The number of hydrogen-bond acceptors (Lipinski definition) is 5. The average molecular weight is 207 g/mol. The number of hydrogen-bond donors (Lipinski definition) is 1. The number of anilines is 2. The Morgan fingerprint density at radius 2 is 1.87 bits per heavy atom. The predicted molar refractivity (Wildman–Crippen MR) is 62.5 cm³/mol. The molecule has 0 aliphatic rings. The van der Waals surface area contributed by atoms with Crippen molar-refractivity contribution in [3.8, 4) is 0 Å². The van der Waals surface area contributed by atoms with Crippen LogP contribution in [0, 0.1) is 0 Å². The summed E-state index contributed by atoms with van der Waals surface area (Å²) in [4.78, 5) is 14.4. The molecule has 5 nitrogen and oxygen atoms in total. The Labute approximate surface area is 90.1 Å². The highest BCUT2D eigenvalue weighted by Gasteiger charge is 2.09. The van der Waals surface area contributed by atoms with Gasteiger partial charge >= 0.3 is 0 Å². The summed E-state index contributed by atoms with van der Waals surface area (Å²) in [6, 6.07) is 0. The molecule has 1 aromatic heterocycles. The van der Waals surface area contributed by atoms with Crippen molar-refractivity contribution in [1.82, 2.24) is 15.0 Å². The summed E-state index contributed by atoms with van der Waals surface area (Å²) in [7, 11) is 0. The van der Waals surface area contributed by atoms with Gasteiger partial charge in [-0.15, -0.1) is 0 Å². The lowest BCUT2D eigenvalue weighted by atomic mass is 10.3. The molecule has 0 saturated heterocycles. The first-order valence-corrected chi connectivity index (χ1v) is 5.00. The van der Waals surface area contributed by atoms with Gasteiger partial charge in [-0.25, -0.2) is 0 Å². The van der Waals surface area contributed by atoms with E-state index in [0.29, 0.717) is 11.8 Å². The highest BCUT2D eigenvalue weighted by molar-refractivity contribution is 5.56. The normalized spacial score (nSPS) is 10.1. The van der Waals surface area contributed by atoms with Crippen molar-refractivity contribution in [2.75, 3.05) is 23.7 Å². The number of nitrogens with zero attached hydrogens (tertiary/aromatic N) is 4. The van der Waals surface area contributed by atoms with Crippen LogP contribution in [0.4, 0.5) is 11.9 Å². The van der Waals surface area contributed by atoms with Gasteiger partial charge in [0.25, 0.3) is 0 Å². The maximum Gasteiger partial charge on any atom is 0.230 e. The zero-order valence-corrected chi connectivity index (χ0v) is 9.49. The van der Waals surface area contributed by atoms with Gasteiger partial charge in [0.2, 0.25) is 11.9 Å². The lowest BCUT2D eigenvalue weighted by molar-refractivity contribution is 0.810. The van der Waals surface area contributed by atoms with Crippen LogP contribution in [0.5, 0.6) is 0 Å². The van der Waals surface area contributed by atoms with Gasteiger partial charge in [-0.3, -0.25) is 0 Å². The fourth-order valence-corrected chi connectivity index (χ4v) is 1.22. The molecule has 1 aromatic rings. The number of allylic oxidation sites excluding steroid dienone is 1. The SMILES string of the molecule is C=C(C)c1nc(N)nc(N(CC)CC)n1. The van der Waals surface area contributed by atoms with Gasteiger partial charge in [-0.1, -0.05) is 6.58 Å². The van der Waals surface area contributed by atoms with Crippen LogP contribution in [-0.2, 0) is 0 Å². The Hall–Kier alpha value is -1.65. The molecule has 0 radical (unpaired) electrons. The summed E-state index contributed by atoms with van der Waals surface area (Å²) in [5.41, 5.74) is 6.40. The largest absolute Gasteiger partial charge is 0.368 e. The zero-order valence-electron chi connectivity index (χ0n) is 9.49. The molecular weight excluding hydrogens is 190 g/mol. The number of nitrogens with two attached hydrogens (primary N) is 1. The van der Waals surface area contributed by atoms with Gasteiger partial charge < -0.3 is 10.6 Å². The molecule has 5 heteroatoms. The van der Waals surface area contributed by atoms with Crippen LogP contribution in [0.3, 0.4) is 0 Å². The fraction of sp³-hybridized carbons (Fsp3) is 0.500. The van der Waals surface area contributed by atoms with E-state index in [4.69, 9.17) is 5.73 Å². The summed E-state index contributed by atoms with van der Waals surface area (Å²) < 4.78 is 0. The first-order chi connectivity index (χ1) is 7.08. The van der Waals surface area contributed by atoms with Crippen molar-refractivity contribution >= 4 is 17.5 Å². The van der Waals surface area contributed by atoms with E-state index in [1.807, 2.05) is 25.7 Å². The molecule has 0 fully saturated rings. The van der Waals surface area contributed by atoms with E-state index in [0.717, 1.165) is 18.7 Å². The summed E-state index contributed by atoms with van der Waals surface area (Å²) in [6.07, 6.45) is 0. The van der Waals surface area contributed by atoms with Crippen LogP contribution >= 0.6 is 0 Å². The third kappa shape index (κ3) is 2.65. The molecule has 0 amide bonds. The molecular formula is C10H17N5. The monoisotopic (exact) mass is 207 g/mol. The molecule has 0 saturated carbocycles. The predicted octanol–water partition coefficient (Wildman–Crippen LogP) is 1.33. The van der Waals surface area contributed by atoms with E-state index in [1.54, 1.807) is 0 Å². The Kier molecular flexibility index (Phi) is 3.60. The highest BCUT2D eigenvalue weighted by atomic mass is 15.3. The van der Waals surface area contributed by atoms with Gasteiger partial charge in [-0.2, -0.15) is 15.0 Å². The maximum absolute atomic E-state index is 5.61. The number of nitrogen functional groups attached to an aromatic ring is 1. The van der Waals surface area contributed by atoms with Crippen molar-refractivity contribution in [2.24, 2.45) is 0 Å². The summed E-state index contributed by atoms with van der Waals surface area (Å²) >= 11 is 0. The van der Waals surface area contributed by atoms with Crippen LogP contribution in [0.25, 0.3) is 5.57 Å². The molecule has 0 bridgehead atoms. The molecule has 0 aliphatic heterocycles. The van der Waals surface area contributed by atoms with Gasteiger partial charge in [0.1, 0.15) is 0 Å². The van der Waals surface area contributed by atoms with Gasteiger partial charge in [0.15, 0.2) is 5.82 Å². The molecule has 0 spiro atoms. The molecule has 1 heterocycles. The molecule has 2 N–H and O–H groups in total. The van der Waals surface area contributed by atoms with E-state index in [-0.39, 0.29) is 5.95 Å². The third-order valence-electron chi connectivity index (χ3n) is 2.07. The lowest BCUT2D eigenvalue weighted by Crippen LogP contribution is -2.25. The van der Waals surface area contributed by atoms with Crippen LogP contribution in [0.2, 0.25) is 0 Å². The number of aromatic nitrogens is 3. The molecule has 0 unspecified atom stereocenters. The van der Waals surface area contributed by atoms with Crippen molar-refractivity contribution in [3.63, 3.8) is 0 Å². The smallest absolute Gasteiger partial charge is 0.230 e. The second-order valence-corrected chi connectivity index (χ2v) is 3.27. The second-order valence-electron chi connectivity index (χ2n) is 3.27. The Morgan fingerprint density at radius 1 is 1.27 bits per heavy atom. The van der Waals surface area contributed by atoms with Crippen LogP contribution in [-0.4, -0.2) is 28.0 Å². The Balaban J connectivity index is 3.13. The van der Waals surface area contributed by atoms with Crippen molar-refractivity contribution in [3.05, 3.63) is 12.4 Å². The average Bonchev–Trinajstić information content (AvgIpc) is 2.18. The number of rotatable bonds is 4. The molecule has 1 rings (SSSR count). The first-order valence-electron chi connectivity index (χ1n) is 5.00. The van der Waals surface area contributed by atoms with Crippen molar-refractivity contribution in [2.45, 2.75) is 20.8 Å². The van der Waals surface area contributed by atoms with E-state index in [9.17, 15) is 0 Å². The highest BCUT2D eigenvalue weighted by Crippen LogP contribution is 2.12. The molecule has 82 valence electrons. The first kappa shape index (κ1) is 11.4. The van der Waals surface area contributed by atoms with Crippen molar-refractivity contribution in [1.29, 1.82) is 0 Å². The summed E-state index contributed by atoms with van der Waals surface area (Å²) in [5, 5.41) is 0. The minimum atomic E-state index is 0.241. The molecule has 0 aromatic carbocycles. The fourth-order valence-electron chi connectivity index (χ4n) is 1.22. The summed E-state index contributed by atoms with van der Waals surface area (Å²) in [6.45, 7) is 11.4. The van der Waals surface area contributed by atoms with Gasteiger partial charge in [0, 0.05) is 13.1 Å². The van der Waals surface area contributed by atoms with E-state index >= 15 is 0 Å². The minimum absolute atomic E-state index is 0.241. The maximum atomic E-state index is 5.61. The van der Waals surface area contributed by atoms with Crippen LogP contribution in [0.15, 0.2) is 6.58 Å². The Bertz CT molecular complexity index is 357. The second kappa shape index (κ2) is 4.72. The van der Waals surface area contributed by atoms with Gasteiger partial charge in [0.05, 0.1) is 0 Å². The van der Waals surface area contributed by atoms with Crippen LogP contribution in [0.1, 0.15) is 26.6 Å². The minimum Gasteiger partial charge on any atom is -0.368 e. The van der Waals surface area contributed by atoms with Crippen LogP contribution < -0.4 is 10.6 Å². The van der Waals surface area contributed by atoms with E-state index in [1.165, 1.54) is 0 Å². The molecule has 15 heavy (non-hydrogen) atoms. The topological polar surface area (TPSA) is 67.9 Å². The molecule has 0 aliphatic carbocycles. The quantitative estimate of drug-likeness (QED) is 0.806. The Morgan fingerprint density at radius 3 is 2.33 bits per heavy atom. The summed E-state index contributed by atoms with van der Waals surface area (Å²) in [5.74, 6) is 1.42. The van der Waals surface area contributed by atoms with E-state index in [2.05, 4.69) is 21.5 Å². The lowest BCUT2D eigenvalue weighted by Gasteiger charge is -2.18. The van der Waals surface area contributed by atoms with Gasteiger partial charge in [-0.05, 0) is 26.3 Å². The molecule has 0 atom stereocenters. The standard InChI is InChI=1S/C10H17N5/c1-5-15(6-2)10-13-8(7(3)4)12-9(11)14-10/h3,5-6H2,1-2,4H3,(H2,11,12,13,14). The van der Waals surface area contributed by atoms with Crippen molar-refractivity contribution < 1.29 is 0 Å².